The maximum Gasteiger partial charge on any atom is 0.254 e. The smallest absolute Gasteiger partial charge is 0.254 e. The van der Waals surface area contributed by atoms with Crippen LogP contribution in [-0.4, -0.2) is 18.9 Å². The number of aliphatic imine (C=N–C) groups is 1. The summed E-state index contributed by atoms with van der Waals surface area (Å²) >= 11 is 0. The lowest BCUT2D eigenvalue weighted by atomic mass is 10.1. The Balaban J connectivity index is 2.09. The Morgan fingerprint density at radius 2 is 1.75 bits per heavy atom. The van der Waals surface area contributed by atoms with E-state index in [0.717, 1.165) is 5.56 Å². The standard InChI is InChI=1S/C16H14N2O2/c1-20-16-14(11-7-3-2-4-8-11)18-15(19)12-9-5-6-10-13(12)17-16/h2-10,14H,1H3,(H,18,19)/t14-/m0/s1. The van der Waals surface area contributed by atoms with Gasteiger partial charge in [0.15, 0.2) is 0 Å². The lowest BCUT2D eigenvalue weighted by Crippen LogP contribution is -2.33. The first-order chi connectivity index (χ1) is 9.79. The van der Waals surface area contributed by atoms with Crippen LogP contribution in [0, 0.1) is 0 Å². The Kier molecular flexibility index (Phi) is 3.21. The van der Waals surface area contributed by atoms with Crippen LogP contribution in [0.3, 0.4) is 0 Å². The van der Waals surface area contributed by atoms with Crippen molar-refractivity contribution in [2.24, 2.45) is 4.99 Å². The zero-order valence-electron chi connectivity index (χ0n) is 11.0. The monoisotopic (exact) mass is 266 g/mol. The van der Waals surface area contributed by atoms with Crippen molar-refractivity contribution in [3.8, 4) is 0 Å². The van der Waals surface area contributed by atoms with Crippen molar-refractivity contribution < 1.29 is 9.53 Å². The number of hydrogen-bond acceptors (Lipinski definition) is 3. The molecule has 1 aliphatic rings. The average Bonchev–Trinajstić information content (AvgIpc) is 2.65. The van der Waals surface area contributed by atoms with Crippen LogP contribution in [0.25, 0.3) is 0 Å². The summed E-state index contributed by atoms with van der Waals surface area (Å²) in [5, 5.41) is 2.96. The highest BCUT2D eigenvalue weighted by molar-refractivity contribution is 6.04. The van der Waals surface area contributed by atoms with Crippen molar-refractivity contribution in [3.05, 3.63) is 65.7 Å². The van der Waals surface area contributed by atoms with Gasteiger partial charge in [0.2, 0.25) is 5.90 Å². The predicted molar refractivity (Wildman–Crippen MR) is 77.2 cm³/mol. The van der Waals surface area contributed by atoms with Gasteiger partial charge in [-0.2, -0.15) is 0 Å². The maximum absolute atomic E-state index is 12.3. The van der Waals surface area contributed by atoms with Crippen LogP contribution in [0.15, 0.2) is 59.6 Å². The molecule has 0 spiro atoms. The van der Waals surface area contributed by atoms with Crippen molar-refractivity contribution >= 4 is 17.5 Å². The number of carbonyl (C=O) groups excluding carboxylic acids is 1. The Morgan fingerprint density at radius 1 is 1.05 bits per heavy atom. The SMILES string of the molecule is COC1=Nc2ccccc2C(=O)N[C@H]1c1ccccc1. The molecule has 4 heteroatoms. The summed E-state index contributed by atoms with van der Waals surface area (Å²) < 4.78 is 5.38. The van der Waals surface area contributed by atoms with Crippen LogP contribution in [0.1, 0.15) is 22.0 Å². The van der Waals surface area contributed by atoms with Crippen LogP contribution < -0.4 is 5.32 Å². The average molecular weight is 266 g/mol. The van der Waals surface area contributed by atoms with Crippen LogP contribution in [0.2, 0.25) is 0 Å². The van der Waals surface area contributed by atoms with E-state index in [1.54, 1.807) is 19.2 Å². The van der Waals surface area contributed by atoms with E-state index in [0.29, 0.717) is 17.1 Å². The van der Waals surface area contributed by atoms with Crippen molar-refractivity contribution in [1.29, 1.82) is 0 Å². The molecule has 1 atom stereocenters. The fourth-order valence-corrected chi connectivity index (χ4v) is 2.25. The first kappa shape index (κ1) is 12.4. The number of amides is 1. The van der Waals surface area contributed by atoms with Crippen molar-refractivity contribution in [2.75, 3.05) is 7.11 Å². The molecule has 1 aliphatic heterocycles. The van der Waals surface area contributed by atoms with Gasteiger partial charge in [0.05, 0.1) is 18.4 Å². The lowest BCUT2D eigenvalue weighted by molar-refractivity contribution is 0.0945. The molecule has 0 bridgehead atoms. The van der Waals surface area contributed by atoms with Crippen LogP contribution in [0.5, 0.6) is 0 Å². The van der Waals surface area contributed by atoms with Gasteiger partial charge in [0.1, 0.15) is 6.04 Å². The molecule has 2 aromatic rings. The zero-order valence-corrected chi connectivity index (χ0v) is 11.0. The van der Waals surface area contributed by atoms with E-state index in [1.165, 1.54) is 0 Å². The maximum atomic E-state index is 12.3. The van der Waals surface area contributed by atoms with Gasteiger partial charge in [-0.1, -0.05) is 42.5 Å². The molecule has 0 aromatic heterocycles. The summed E-state index contributed by atoms with van der Waals surface area (Å²) in [5.74, 6) is 0.333. The molecule has 2 aromatic carbocycles. The Bertz CT molecular complexity index is 665. The molecule has 100 valence electrons. The molecule has 0 saturated heterocycles. The molecule has 0 aliphatic carbocycles. The third-order valence-electron chi connectivity index (χ3n) is 3.24. The van der Waals surface area contributed by atoms with Crippen LogP contribution in [-0.2, 0) is 4.74 Å². The quantitative estimate of drug-likeness (QED) is 0.862. The molecular weight excluding hydrogens is 252 g/mol. The van der Waals surface area contributed by atoms with E-state index in [9.17, 15) is 4.79 Å². The number of hydrogen-bond donors (Lipinski definition) is 1. The number of benzene rings is 2. The highest BCUT2D eigenvalue weighted by Crippen LogP contribution is 2.27. The van der Waals surface area contributed by atoms with Crippen molar-refractivity contribution in [3.63, 3.8) is 0 Å². The Labute approximate surface area is 117 Å². The number of nitrogens with one attached hydrogen (secondary N) is 1. The van der Waals surface area contributed by atoms with Gasteiger partial charge in [-0.15, -0.1) is 0 Å². The zero-order chi connectivity index (χ0) is 13.9. The summed E-state index contributed by atoms with van der Waals surface area (Å²) in [7, 11) is 1.56. The van der Waals surface area contributed by atoms with Gasteiger partial charge in [-0.05, 0) is 17.7 Å². The second-order valence-electron chi connectivity index (χ2n) is 4.49. The van der Waals surface area contributed by atoms with Gasteiger partial charge in [0, 0.05) is 0 Å². The number of nitrogens with zero attached hydrogens (tertiary/aromatic N) is 1. The molecular formula is C16H14N2O2. The molecule has 0 fully saturated rings. The second-order valence-corrected chi connectivity index (χ2v) is 4.49. The third-order valence-corrected chi connectivity index (χ3v) is 3.24. The molecule has 1 N–H and O–H groups in total. The van der Waals surface area contributed by atoms with Crippen molar-refractivity contribution in [1.82, 2.24) is 5.32 Å². The van der Waals surface area contributed by atoms with Crippen LogP contribution >= 0.6 is 0 Å². The summed E-state index contributed by atoms with van der Waals surface area (Å²) in [6, 6.07) is 16.5. The fourth-order valence-electron chi connectivity index (χ4n) is 2.25. The molecule has 20 heavy (non-hydrogen) atoms. The summed E-state index contributed by atoms with van der Waals surface area (Å²) in [6.45, 7) is 0. The molecule has 0 radical (unpaired) electrons. The lowest BCUT2D eigenvalue weighted by Gasteiger charge is -2.17. The first-order valence-corrected chi connectivity index (χ1v) is 6.37. The minimum atomic E-state index is -0.374. The topological polar surface area (TPSA) is 50.7 Å². The highest BCUT2D eigenvalue weighted by atomic mass is 16.5. The molecule has 3 rings (SSSR count). The predicted octanol–water partition coefficient (Wildman–Crippen LogP) is 2.85. The van der Waals surface area contributed by atoms with Crippen molar-refractivity contribution in [2.45, 2.75) is 6.04 Å². The largest absolute Gasteiger partial charge is 0.482 e. The Morgan fingerprint density at radius 3 is 2.50 bits per heavy atom. The van der Waals surface area contributed by atoms with E-state index < -0.39 is 0 Å². The van der Waals surface area contributed by atoms with Gasteiger partial charge >= 0.3 is 0 Å². The number of para-hydroxylation sites is 1. The van der Waals surface area contributed by atoms with E-state index in [2.05, 4.69) is 10.3 Å². The number of fused-ring (bicyclic) bond motifs is 1. The Hall–Kier alpha value is -2.62. The van der Waals surface area contributed by atoms with Gasteiger partial charge in [-0.25, -0.2) is 4.99 Å². The van der Waals surface area contributed by atoms with Gasteiger partial charge in [-0.3, -0.25) is 4.79 Å². The summed E-state index contributed by atoms with van der Waals surface area (Å²) in [4.78, 5) is 16.8. The number of rotatable bonds is 1. The van der Waals surface area contributed by atoms with E-state index in [4.69, 9.17) is 4.74 Å². The first-order valence-electron chi connectivity index (χ1n) is 6.37. The summed E-state index contributed by atoms with van der Waals surface area (Å²) in [5.41, 5.74) is 2.12. The van der Waals surface area contributed by atoms with Gasteiger partial charge < -0.3 is 10.1 Å². The molecule has 4 nitrogen and oxygen atoms in total. The summed E-state index contributed by atoms with van der Waals surface area (Å²) in [6.07, 6.45) is 0. The van der Waals surface area contributed by atoms with E-state index in [1.807, 2.05) is 42.5 Å². The van der Waals surface area contributed by atoms with Crippen LogP contribution in [0.4, 0.5) is 5.69 Å². The third kappa shape index (κ3) is 2.16. The molecule has 0 unspecified atom stereocenters. The number of ether oxygens (including phenoxy) is 1. The minimum Gasteiger partial charge on any atom is -0.482 e. The number of methoxy groups -OCH3 is 1. The normalized spacial score (nSPS) is 17.6. The highest BCUT2D eigenvalue weighted by Gasteiger charge is 2.26. The molecule has 1 heterocycles. The fraction of sp³-hybridized carbons (Fsp3) is 0.125. The van der Waals surface area contributed by atoms with E-state index >= 15 is 0 Å². The minimum absolute atomic E-state index is 0.148. The van der Waals surface area contributed by atoms with Gasteiger partial charge in [0.25, 0.3) is 5.91 Å². The molecule has 1 amide bonds. The van der Waals surface area contributed by atoms with E-state index in [-0.39, 0.29) is 11.9 Å². The molecule has 0 saturated carbocycles. The number of carbonyl (C=O) groups is 1. The second kappa shape index (κ2) is 5.17.